The van der Waals surface area contributed by atoms with Gasteiger partial charge in [0.1, 0.15) is 0 Å². The Bertz CT molecular complexity index is 1260. The van der Waals surface area contributed by atoms with E-state index in [1.54, 1.807) is 23.1 Å². The van der Waals surface area contributed by atoms with Gasteiger partial charge in [-0.15, -0.1) is 10.2 Å². The predicted octanol–water partition coefficient (Wildman–Crippen LogP) is 2.72. The molecule has 36 heavy (non-hydrogen) atoms. The average Bonchev–Trinajstić information content (AvgIpc) is 3.37. The van der Waals surface area contributed by atoms with Crippen molar-refractivity contribution in [2.24, 2.45) is 5.41 Å². The van der Waals surface area contributed by atoms with Gasteiger partial charge in [0.05, 0.1) is 25.4 Å². The molecule has 1 aromatic heterocycles. The van der Waals surface area contributed by atoms with Crippen LogP contribution in [0.4, 0.5) is 23.5 Å². The molecule has 0 atom stereocenters. The number of anilines is 1. The van der Waals surface area contributed by atoms with Crippen LogP contribution in [-0.4, -0.2) is 87.2 Å². The topological polar surface area (TPSA) is 66.7 Å². The second-order valence-electron chi connectivity index (χ2n) is 10.9. The van der Waals surface area contributed by atoms with Crippen molar-refractivity contribution in [3.05, 3.63) is 34.6 Å². The fourth-order valence-corrected chi connectivity index (χ4v) is 6.13. The zero-order chi connectivity index (χ0) is 25.1. The first-order chi connectivity index (χ1) is 17.0. The van der Waals surface area contributed by atoms with E-state index in [1.165, 1.54) is 4.90 Å². The Morgan fingerprint density at radius 1 is 1.06 bits per heavy atom. The SMILES string of the molecule is O=C(N1CC2(C1)CN(c1nnc3n1-c1ccc(Cl)cc1CN(C1(C(F)(F)F)COC1)C3)C2)C1(F)CC1. The molecule has 0 radical (unpaired) electrons. The highest BCUT2D eigenvalue weighted by Crippen LogP contribution is 2.48. The number of aromatic nitrogens is 3. The van der Waals surface area contributed by atoms with Crippen molar-refractivity contribution < 1.29 is 27.1 Å². The van der Waals surface area contributed by atoms with E-state index in [-0.39, 0.29) is 18.5 Å². The highest BCUT2D eigenvalue weighted by Gasteiger charge is 2.64. The fourth-order valence-electron chi connectivity index (χ4n) is 5.93. The minimum Gasteiger partial charge on any atom is -0.377 e. The number of amides is 1. The molecular formula is C23H23ClF4N6O2. The van der Waals surface area contributed by atoms with Crippen LogP contribution in [0.5, 0.6) is 0 Å². The third kappa shape index (κ3) is 3.10. The van der Waals surface area contributed by atoms with Gasteiger partial charge in [-0.2, -0.15) is 13.2 Å². The molecule has 192 valence electrons. The number of nitrogens with zero attached hydrogens (tertiary/aromatic N) is 6. The molecule has 0 unspecified atom stereocenters. The number of hydrogen-bond donors (Lipinski definition) is 0. The van der Waals surface area contributed by atoms with E-state index in [1.807, 2.05) is 9.47 Å². The first-order valence-corrected chi connectivity index (χ1v) is 12.3. The number of fused-ring (bicyclic) bond motifs is 3. The van der Waals surface area contributed by atoms with Crippen molar-refractivity contribution in [2.75, 3.05) is 44.3 Å². The number of likely N-dealkylation sites (tertiary alicyclic amines) is 1. The summed E-state index contributed by atoms with van der Waals surface area (Å²) in [6.07, 6.45) is -3.87. The van der Waals surface area contributed by atoms with Crippen LogP contribution < -0.4 is 4.90 Å². The standard InChI is InChI=1S/C23H23ClF4N6O2/c24-15-1-2-16-14(5-15)6-33(22(12-36-13-22)23(26,27)28)7-17-29-30-19(34(16)17)32-10-20(11-32)8-31(9-20)18(35)21(25)3-4-21/h1-2,5H,3-4,6-13H2. The number of ether oxygens (including phenoxy) is 1. The van der Waals surface area contributed by atoms with Crippen LogP contribution in [0, 0.1) is 5.41 Å². The summed E-state index contributed by atoms with van der Waals surface area (Å²) in [4.78, 5) is 17.2. The van der Waals surface area contributed by atoms with Gasteiger partial charge in [-0.1, -0.05) is 11.6 Å². The number of benzene rings is 1. The normalized spacial score (nSPS) is 25.2. The lowest BCUT2D eigenvalue weighted by Crippen LogP contribution is -2.74. The molecule has 7 rings (SSSR count). The summed E-state index contributed by atoms with van der Waals surface area (Å²) in [5, 5.41) is 9.09. The zero-order valence-corrected chi connectivity index (χ0v) is 19.9. The maximum absolute atomic E-state index is 14.1. The third-order valence-electron chi connectivity index (χ3n) is 8.25. The van der Waals surface area contributed by atoms with E-state index in [4.69, 9.17) is 16.3 Å². The lowest BCUT2D eigenvalue weighted by atomic mass is 9.72. The Morgan fingerprint density at radius 2 is 1.78 bits per heavy atom. The van der Waals surface area contributed by atoms with Crippen LogP contribution in [-0.2, 0) is 22.6 Å². The van der Waals surface area contributed by atoms with Gasteiger partial charge in [-0.05, 0) is 36.6 Å². The highest BCUT2D eigenvalue weighted by atomic mass is 35.5. The molecule has 8 nitrogen and oxygen atoms in total. The molecule has 5 heterocycles. The quantitative estimate of drug-likeness (QED) is 0.573. The van der Waals surface area contributed by atoms with E-state index in [9.17, 15) is 22.4 Å². The van der Waals surface area contributed by atoms with E-state index < -0.39 is 36.5 Å². The molecule has 5 aliphatic rings. The molecule has 13 heteroatoms. The van der Waals surface area contributed by atoms with Gasteiger partial charge in [-0.3, -0.25) is 14.3 Å². The van der Waals surface area contributed by atoms with Gasteiger partial charge in [0.15, 0.2) is 17.0 Å². The highest BCUT2D eigenvalue weighted by molar-refractivity contribution is 6.30. The number of halogens is 5. The number of carbonyl (C=O) groups is 1. The summed E-state index contributed by atoms with van der Waals surface area (Å²) in [5.74, 6) is 0.536. The van der Waals surface area contributed by atoms with Gasteiger partial charge < -0.3 is 14.5 Å². The smallest absolute Gasteiger partial charge is 0.377 e. The summed E-state index contributed by atoms with van der Waals surface area (Å²) >= 11 is 6.24. The molecule has 1 aromatic carbocycles. The van der Waals surface area contributed by atoms with Crippen LogP contribution >= 0.6 is 11.6 Å². The minimum atomic E-state index is -4.47. The zero-order valence-electron chi connectivity index (χ0n) is 19.2. The van der Waals surface area contributed by atoms with Gasteiger partial charge in [0.25, 0.3) is 5.91 Å². The van der Waals surface area contributed by atoms with Crippen molar-refractivity contribution in [2.45, 2.75) is 43.3 Å². The molecule has 3 saturated heterocycles. The molecule has 0 bridgehead atoms. The van der Waals surface area contributed by atoms with Gasteiger partial charge in [-0.25, -0.2) is 4.39 Å². The lowest BCUT2D eigenvalue weighted by Gasteiger charge is -2.60. The van der Waals surface area contributed by atoms with Gasteiger partial charge >= 0.3 is 6.18 Å². The summed E-state index contributed by atoms with van der Waals surface area (Å²) in [6, 6.07) is 5.17. The van der Waals surface area contributed by atoms with Gasteiger partial charge in [0, 0.05) is 43.2 Å². The maximum Gasteiger partial charge on any atom is 0.411 e. The Kier molecular flexibility index (Phi) is 4.49. The first kappa shape index (κ1) is 22.7. The van der Waals surface area contributed by atoms with Gasteiger partial charge in [0.2, 0.25) is 5.95 Å². The lowest BCUT2D eigenvalue weighted by molar-refractivity contribution is -0.310. The summed E-state index contributed by atoms with van der Waals surface area (Å²) in [5.41, 5.74) is -2.53. The molecular weight excluding hydrogens is 504 g/mol. The van der Waals surface area contributed by atoms with E-state index in [0.717, 1.165) is 0 Å². The predicted molar refractivity (Wildman–Crippen MR) is 120 cm³/mol. The number of rotatable bonds is 3. The Labute approximate surface area is 208 Å². The molecule has 4 fully saturated rings. The third-order valence-corrected chi connectivity index (χ3v) is 8.49. The Morgan fingerprint density at radius 3 is 2.39 bits per heavy atom. The minimum absolute atomic E-state index is 0.0353. The van der Waals surface area contributed by atoms with E-state index in [0.29, 0.717) is 67.1 Å². The molecule has 0 N–H and O–H groups in total. The van der Waals surface area contributed by atoms with Crippen molar-refractivity contribution >= 4 is 23.5 Å². The largest absolute Gasteiger partial charge is 0.411 e. The Balaban J connectivity index is 1.17. The molecule has 4 aliphatic heterocycles. The monoisotopic (exact) mass is 526 g/mol. The second-order valence-corrected chi connectivity index (χ2v) is 11.3. The molecule has 1 spiro atoms. The average molecular weight is 527 g/mol. The Hall–Kier alpha value is -2.44. The number of hydrogen-bond acceptors (Lipinski definition) is 6. The molecule has 1 amide bonds. The molecule has 1 aliphatic carbocycles. The molecule has 2 aromatic rings. The van der Waals surface area contributed by atoms with Crippen LogP contribution in [0.15, 0.2) is 18.2 Å². The summed E-state index contributed by atoms with van der Waals surface area (Å²) in [7, 11) is 0. The van der Waals surface area contributed by atoms with E-state index in [2.05, 4.69) is 10.2 Å². The van der Waals surface area contributed by atoms with E-state index >= 15 is 0 Å². The van der Waals surface area contributed by atoms with Crippen molar-refractivity contribution in [1.82, 2.24) is 24.6 Å². The second kappa shape index (κ2) is 7.11. The van der Waals surface area contributed by atoms with Crippen molar-refractivity contribution in [1.29, 1.82) is 0 Å². The maximum atomic E-state index is 14.1. The number of carbonyl (C=O) groups excluding carboxylic acids is 1. The van der Waals surface area contributed by atoms with Crippen LogP contribution in [0.1, 0.15) is 24.2 Å². The number of alkyl halides is 4. The van der Waals surface area contributed by atoms with Crippen molar-refractivity contribution in [3.8, 4) is 5.69 Å². The van der Waals surface area contributed by atoms with Crippen LogP contribution in [0.2, 0.25) is 5.02 Å². The first-order valence-electron chi connectivity index (χ1n) is 11.9. The summed E-state index contributed by atoms with van der Waals surface area (Å²) in [6.45, 7) is 1.35. The molecule has 1 saturated carbocycles. The summed E-state index contributed by atoms with van der Waals surface area (Å²) < 4.78 is 63.4. The van der Waals surface area contributed by atoms with Crippen LogP contribution in [0.25, 0.3) is 5.69 Å². The van der Waals surface area contributed by atoms with Crippen molar-refractivity contribution in [3.63, 3.8) is 0 Å². The fraction of sp³-hybridized carbons (Fsp3) is 0.609. The van der Waals surface area contributed by atoms with Crippen LogP contribution in [0.3, 0.4) is 0 Å².